The minimum absolute atomic E-state index is 0.564. The van der Waals surface area contributed by atoms with E-state index < -0.39 is 0 Å². The second kappa shape index (κ2) is 7.57. The number of rotatable bonds is 4. The van der Waals surface area contributed by atoms with E-state index >= 15 is 0 Å². The van der Waals surface area contributed by atoms with E-state index in [9.17, 15) is 0 Å². The standard InChI is InChI=1S/C12H18ClN/c1-5-8-11(7-3)10(4)14-12(13)9-6-2/h5,7-9H,6H2,1-4H3/b8-5-,11-7-,12-9+,14-10-. The highest BCUT2D eigenvalue weighted by Gasteiger charge is 1.96. The molecule has 0 aromatic heterocycles. The molecule has 0 aliphatic carbocycles. The second-order valence-electron chi connectivity index (χ2n) is 2.88. The number of hydrogen-bond acceptors (Lipinski definition) is 1. The van der Waals surface area contributed by atoms with Crippen LogP contribution in [0.2, 0.25) is 0 Å². The molecule has 0 aliphatic rings. The first-order valence-electron chi connectivity index (χ1n) is 4.86. The third kappa shape index (κ3) is 5.03. The SMILES string of the molecule is C\C=C/C(=C/C)C(/C)=N\C(Cl)=C\CC. The summed E-state index contributed by atoms with van der Waals surface area (Å²) in [5.41, 5.74) is 2.05. The number of aliphatic imine (C=N–C) groups is 1. The number of allylic oxidation sites excluding steroid dienone is 5. The molecule has 14 heavy (non-hydrogen) atoms. The van der Waals surface area contributed by atoms with Crippen LogP contribution in [0.25, 0.3) is 0 Å². The maximum Gasteiger partial charge on any atom is 0.125 e. The molecule has 0 amide bonds. The van der Waals surface area contributed by atoms with E-state index in [2.05, 4.69) is 4.99 Å². The van der Waals surface area contributed by atoms with Crippen molar-refractivity contribution in [1.29, 1.82) is 0 Å². The Labute approximate surface area is 91.9 Å². The van der Waals surface area contributed by atoms with Crippen LogP contribution in [-0.2, 0) is 0 Å². The van der Waals surface area contributed by atoms with Gasteiger partial charge in [0, 0.05) is 5.71 Å². The molecule has 0 heterocycles. The van der Waals surface area contributed by atoms with Gasteiger partial charge in [0.15, 0.2) is 0 Å². The van der Waals surface area contributed by atoms with Crippen LogP contribution in [0.3, 0.4) is 0 Å². The Morgan fingerprint density at radius 1 is 1.36 bits per heavy atom. The number of hydrogen-bond donors (Lipinski definition) is 0. The molecule has 0 saturated carbocycles. The van der Waals surface area contributed by atoms with E-state index in [0.29, 0.717) is 5.16 Å². The summed E-state index contributed by atoms with van der Waals surface area (Å²) in [5, 5.41) is 0.564. The van der Waals surface area contributed by atoms with Crippen LogP contribution in [0.15, 0.2) is 40.0 Å². The maximum atomic E-state index is 5.90. The summed E-state index contributed by atoms with van der Waals surface area (Å²) in [6.45, 7) is 7.98. The zero-order valence-electron chi connectivity index (χ0n) is 9.34. The first kappa shape index (κ1) is 13.2. The van der Waals surface area contributed by atoms with E-state index in [-0.39, 0.29) is 0 Å². The van der Waals surface area contributed by atoms with Gasteiger partial charge in [0.25, 0.3) is 0 Å². The summed E-state index contributed by atoms with van der Waals surface area (Å²) >= 11 is 5.90. The molecule has 0 fully saturated rings. The third-order valence-corrected chi connectivity index (χ3v) is 1.96. The van der Waals surface area contributed by atoms with Crippen LogP contribution in [0.1, 0.15) is 34.1 Å². The summed E-state index contributed by atoms with van der Waals surface area (Å²) in [6, 6.07) is 0. The smallest absolute Gasteiger partial charge is 0.125 e. The zero-order valence-corrected chi connectivity index (χ0v) is 10.1. The maximum absolute atomic E-state index is 5.90. The van der Waals surface area contributed by atoms with Gasteiger partial charge in [-0.1, -0.05) is 36.8 Å². The summed E-state index contributed by atoms with van der Waals surface area (Å²) in [7, 11) is 0. The minimum Gasteiger partial charge on any atom is -0.241 e. The van der Waals surface area contributed by atoms with Gasteiger partial charge >= 0.3 is 0 Å². The molecule has 0 aromatic rings. The molecular weight excluding hydrogens is 194 g/mol. The van der Waals surface area contributed by atoms with Gasteiger partial charge in [-0.3, -0.25) is 0 Å². The molecule has 0 spiro atoms. The molecule has 0 unspecified atom stereocenters. The molecule has 0 N–H and O–H groups in total. The Morgan fingerprint density at radius 3 is 2.43 bits per heavy atom. The fraction of sp³-hybridized carbons (Fsp3) is 0.417. The molecule has 0 atom stereocenters. The average Bonchev–Trinajstić information content (AvgIpc) is 2.14. The van der Waals surface area contributed by atoms with Crippen molar-refractivity contribution in [2.45, 2.75) is 34.1 Å². The molecule has 0 saturated heterocycles. The van der Waals surface area contributed by atoms with Crippen LogP contribution in [0, 0.1) is 0 Å². The fourth-order valence-electron chi connectivity index (χ4n) is 1.04. The molecule has 0 aromatic carbocycles. The van der Waals surface area contributed by atoms with Crippen LogP contribution >= 0.6 is 11.6 Å². The highest BCUT2D eigenvalue weighted by atomic mass is 35.5. The van der Waals surface area contributed by atoms with Gasteiger partial charge in [0.1, 0.15) is 5.16 Å². The van der Waals surface area contributed by atoms with Gasteiger partial charge in [0.2, 0.25) is 0 Å². The third-order valence-electron chi connectivity index (χ3n) is 1.72. The quantitative estimate of drug-likeness (QED) is 0.370. The van der Waals surface area contributed by atoms with Crippen molar-refractivity contribution in [2.24, 2.45) is 4.99 Å². The molecule has 2 heteroatoms. The molecule has 0 aliphatic heterocycles. The molecular formula is C12H18ClN. The summed E-state index contributed by atoms with van der Waals surface area (Å²) in [4.78, 5) is 4.28. The van der Waals surface area contributed by atoms with E-state index in [4.69, 9.17) is 11.6 Å². The van der Waals surface area contributed by atoms with Gasteiger partial charge < -0.3 is 0 Å². The first-order valence-corrected chi connectivity index (χ1v) is 5.23. The van der Waals surface area contributed by atoms with E-state index in [0.717, 1.165) is 17.7 Å². The Hall–Kier alpha value is -0.820. The van der Waals surface area contributed by atoms with Crippen LogP contribution in [-0.4, -0.2) is 5.71 Å². The van der Waals surface area contributed by atoms with Gasteiger partial charge in [-0.15, -0.1) is 0 Å². The van der Waals surface area contributed by atoms with Crippen molar-refractivity contribution in [3.63, 3.8) is 0 Å². The van der Waals surface area contributed by atoms with Crippen molar-refractivity contribution in [1.82, 2.24) is 0 Å². The Balaban J connectivity index is 4.75. The minimum atomic E-state index is 0.564. The summed E-state index contributed by atoms with van der Waals surface area (Å²) in [6.07, 6.45) is 8.84. The van der Waals surface area contributed by atoms with Crippen LogP contribution in [0.5, 0.6) is 0 Å². The monoisotopic (exact) mass is 211 g/mol. The Morgan fingerprint density at radius 2 is 2.00 bits per heavy atom. The lowest BCUT2D eigenvalue weighted by atomic mass is 10.1. The van der Waals surface area contributed by atoms with Gasteiger partial charge in [-0.05, 0) is 38.8 Å². The lowest BCUT2D eigenvalue weighted by Crippen LogP contribution is -1.94. The van der Waals surface area contributed by atoms with E-state index in [1.807, 2.05) is 52.0 Å². The molecule has 78 valence electrons. The van der Waals surface area contributed by atoms with Crippen LogP contribution < -0.4 is 0 Å². The Kier molecular flexibility index (Phi) is 7.13. The van der Waals surface area contributed by atoms with Gasteiger partial charge in [-0.25, -0.2) is 4.99 Å². The van der Waals surface area contributed by atoms with Crippen molar-refractivity contribution >= 4 is 17.3 Å². The van der Waals surface area contributed by atoms with Gasteiger partial charge in [0.05, 0.1) is 0 Å². The molecule has 0 rings (SSSR count). The molecule has 1 nitrogen and oxygen atoms in total. The highest BCUT2D eigenvalue weighted by molar-refractivity contribution is 6.30. The largest absolute Gasteiger partial charge is 0.241 e. The van der Waals surface area contributed by atoms with Crippen molar-refractivity contribution in [2.75, 3.05) is 0 Å². The summed E-state index contributed by atoms with van der Waals surface area (Å²) < 4.78 is 0. The van der Waals surface area contributed by atoms with E-state index in [1.165, 1.54) is 0 Å². The first-order chi connectivity index (χ1) is 6.65. The highest BCUT2D eigenvalue weighted by Crippen LogP contribution is 2.09. The predicted molar refractivity (Wildman–Crippen MR) is 65.9 cm³/mol. The molecule has 0 radical (unpaired) electrons. The van der Waals surface area contributed by atoms with Crippen molar-refractivity contribution in [3.05, 3.63) is 35.0 Å². The number of nitrogens with zero attached hydrogens (tertiary/aromatic N) is 1. The second-order valence-corrected chi connectivity index (χ2v) is 3.26. The topological polar surface area (TPSA) is 12.4 Å². The Bertz CT molecular complexity index is 283. The van der Waals surface area contributed by atoms with Crippen LogP contribution in [0.4, 0.5) is 0 Å². The van der Waals surface area contributed by atoms with Gasteiger partial charge in [-0.2, -0.15) is 0 Å². The molecule has 0 bridgehead atoms. The van der Waals surface area contributed by atoms with Crippen molar-refractivity contribution in [3.8, 4) is 0 Å². The summed E-state index contributed by atoms with van der Waals surface area (Å²) in [5.74, 6) is 0. The predicted octanol–water partition coefficient (Wildman–Crippen LogP) is 4.46. The van der Waals surface area contributed by atoms with E-state index in [1.54, 1.807) is 0 Å². The van der Waals surface area contributed by atoms with Crippen molar-refractivity contribution < 1.29 is 0 Å². The lowest BCUT2D eigenvalue weighted by Gasteiger charge is -2.00. The lowest BCUT2D eigenvalue weighted by molar-refractivity contribution is 1.20. The average molecular weight is 212 g/mol. The number of halogens is 1. The normalized spacial score (nSPS) is 15.4. The fourth-order valence-corrected chi connectivity index (χ4v) is 1.33. The zero-order chi connectivity index (χ0) is 11.0.